The van der Waals surface area contributed by atoms with E-state index in [1.165, 1.54) is 7.11 Å². The first-order valence-electron chi connectivity index (χ1n) is 6.97. The molecule has 1 unspecified atom stereocenters. The fourth-order valence-corrected chi connectivity index (χ4v) is 1.77. The lowest BCUT2D eigenvalue weighted by atomic mass is 10.2. The van der Waals surface area contributed by atoms with Crippen molar-refractivity contribution < 1.29 is 28.6 Å². The summed E-state index contributed by atoms with van der Waals surface area (Å²) < 4.78 is 13.7. The highest BCUT2D eigenvalue weighted by molar-refractivity contribution is 5.93. The quantitative estimate of drug-likeness (QED) is 0.348. The van der Waals surface area contributed by atoms with Crippen LogP contribution < -0.4 is 11.1 Å². The van der Waals surface area contributed by atoms with Crippen LogP contribution in [0.5, 0.6) is 0 Å². The van der Waals surface area contributed by atoms with E-state index in [0.29, 0.717) is 18.0 Å². The molecule has 2 amide bonds. The lowest BCUT2D eigenvalue weighted by molar-refractivity contribution is -0.146. The first-order chi connectivity index (χ1) is 10.5. The number of nitrogens with zero attached hydrogens (tertiary/aromatic N) is 1. The monoisotopic (exact) mass is 319 g/mol. The normalized spacial score (nSPS) is 11.5. The predicted molar refractivity (Wildman–Crippen MR) is 78.2 cm³/mol. The molecular weight excluding hydrogens is 294 g/mol. The molecule has 0 aromatic carbocycles. The summed E-state index contributed by atoms with van der Waals surface area (Å²) in [5.74, 6) is -0.723. The Morgan fingerprint density at radius 2 is 1.59 bits per heavy atom. The van der Waals surface area contributed by atoms with E-state index in [2.05, 4.69) is 19.5 Å². The average Bonchev–Trinajstić information content (AvgIpc) is 2.54. The summed E-state index contributed by atoms with van der Waals surface area (Å²) in [6.07, 6.45) is 0.0104. The standard InChI is InChI=1S/C13H25N3O6/c1-20-11(17)10(6-9-15-8-5-4-7-14)16(12(18)21-2)13(19)22-3/h10,15H,4-9,14H2,1-3H3. The summed E-state index contributed by atoms with van der Waals surface area (Å²) in [6, 6.07) is -1.12. The van der Waals surface area contributed by atoms with Crippen LogP contribution in [-0.4, -0.2) is 70.1 Å². The summed E-state index contributed by atoms with van der Waals surface area (Å²) in [7, 11) is 3.39. The fourth-order valence-electron chi connectivity index (χ4n) is 1.77. The molecule has 0 aliphatic heterocycles. The number of ether oxygens (including phenoxy) is 3. The van der Waals surface area contributed by atoms with Gasteiger partial charge in [0.1, 0.15) is 6.04 Å². The molecule has 0 saturated heterocycles. The smallest absolute Gasteiger partial charge is 0.419 e. The Labute approximate surface area is 130 Å². The second kappa shape index (κ2) is 11.8. The number of carbonyl (C=O) groups is 3. The van der Waals surface area contributed by atoms with Gasteiger partial charge in [-0.3, -0.25) is 0 Å². The molecule has 1 atom stereocenters. The summed E-state index contributed by atoms with van der Waals surface area (Å²) in [4.78, 5) is 35.9. The van der Waals surface area contributed by atoms with E-state index in [-0.39, 0.29) is 6.42 Å². The third-order valence-electron chi connectivity index (χ3n) is 2.93. The van der Waals surface area contributed by atoms with Gasteiger partial charge in [-0.2, -0.15) is 4.90 Å². The maximum atomic E-state index is 11.8. The third-order valence-corrected chi connectivity index (χ3v) is 2.93. The Kier molecular flexibility index (Phi) is 10.8. The highest BCUT2D eigenvalue weighted by atomic mass is 16.6. The van der Waals surface area contributed by atoms with Gasteiger partial charge in [-0.05, 0) is 38.9 Å². The number of hydrogen-bond acceptors (Lipinski definition) is 8. The Morgan fingerprint density at radius 1 is 1.00 bits per heavy atom. The molecule has 0 rings (SSSR count). The second-order valence-corrected chi connectivity index (χ2v) is 4.38. The van der Waals surface area contributed by atoms with Gasteiger partial charge in [-0.15, -0.1) is 0 Å². The van der Waals surface area contributed by atoms with Crippen LogP contribution in [0.4, 0.5) is 9.59 Å². The summed E-state index contributed by atoms with van der Waals surface area (Å²) >= 11 is 0. The molecule has 0 aromatic rings. The Morgan fingerprint density at radius 3 is 2.05 bits per heavy atom. The van der Waals surface area contributed by atoms with Crippen LogP contribution in [0.25, 0.3) is 0 Å². The van der Waals surface area contributed by atoms with E-state index >= 15 is 0 Å². The molecule has 0 saturated carbocycles. The zero-order chi connectivity index (χ0) is 17.0. The van der Waals surface area contributed by atoms with Crippen molar-refractivity contribution in [2.45, 2.75) is 25.3 Å². The third kappa shape index (κ3) is 6.72. The van der Waals surface area contributed by atoms with Crippen LogP contribution in [0.2, 0.25) is 0 Å². The molecular formula is C13H25N3O6. The van der Waals surface area contributed by atoms with Gasteiger partial charge in [0.15, 0.2) is 0 Å². The number of imide groups is 1. The van der Waals surface area contributed by atoms with Gasteiger partial charge in [0.2, 0.25) is 0 Å². The van der Waals surface area contributed by atoms with Crippen molar-refractivity contribution in [3.8, 4) is 0 Å². The maximum absolute atomic E-state index is 11.8. The van der Waals surface area contributed by atoms with Crippen LogP contribution in [0, 0.1) is 0 Å². The number of esters is 1. The Bertz CT molecular complexity index is 348. The van der Waals surface area contributed by atoms with E-state index < -0.39 is 24.2 Å². The van der Waals surface area contributed by atoms with Crippen molar-refractivity contribution in [3.05, 3.63) is 0 Å². The van der Waals surface area contributed by atoms with E-state index in [1.807, 2.05) is 0 Å². The number of nitrogens with two attached hydrogens (primary N) is 1. The number of unbranched alkanes of at least 4 members (excludes halogenated alkanes) is 1. The van der Waals surface area contributed by atoms with Gasteiger partial charge >= 0.3 is 18.2 Å². The largest absolute Gasteiger partial charge is 0.467 e. The van der Waals surface area contributed by atoms with Gasteiger partial charge in [0, 0.05) is 0 Å². The number of methoxy groups -OCH3 is 3. The molecule has 0 aromatic heterocycles. The van der Waals surface area contributed by atoms with Crippen LogP contribution >= 0.6 is 0 Å². The molecule has 0 heterocycles. The summed E-state index contributed by atoms with van der Waals surface area (Å²) in [5, 5.41) is 3.10. The lowest BCUT2D eigenvalue weighted by Crippen LogP contribution is -2.50. The van der Waals surface area contributed by atoms with E-state index in [0.717, 1.165) is 33.6 Å². The Balaban J connectivity index is 4.74. The predicted octanol–water partition coefficient (Wildman–Crippen LogP) is 0.0814. The topological polar surface area (TPSA) is 120 Å². The molecule has 9 nitrogen and oxygen atoms in total. The van der Waals surface area contributed by atoms with Crippen LogP contribution in [0.3, 0.4) is 0 Å². The minimum absolute atomic E-state index is 0.180. The van der Waals surface area contributed by atoms with Crippen LogP contribution in [0.1, 0.15) is 19.3 Å². The number of nitrogens with one attached hydrogen (secondary N) is 1. The van der Waals surface area contributed by atoms with Crippen molar-refractivity contribution in [3.63, 3.8) is 0 Å². The van der Waals surface area contributed by atoms with Crippen molar-refractivity contribution in [2.24, 2.45) is 5.73 Å². The average molecular weight is 319 g/mol. The number of hydrogen-bond donors (Lipinski definition) is 2. The highest BCUT2D eigenvalue weighted by Crippen LogP contribution is 2.10. The van der Waals surface area contributed by atoms with Gasteiger partial charge in [0.05, 0.1) is 21.3 Å². The molecule has 3 N–H and O–H groups in total. The van der Waals surface area contributed by atoms with Crippen LogP contribution in [0.15, 0.2) is 0 Å². The zero-order valence-corrected chi connectivity index (χ0v) is 13.3. The SMILES string of the molecule is COC(=O)C(CCNCCCCN)N(C(=O)OC)C(=O)OC. The minimum Gasteiger partial charge on any atom is -0.467 e. The number of amides is 2. The van der Waals surface area contributed by atoms with Crippen molar-refractivity contribution >= 4 is 18.2 Å². The molecule has 0 aliphatic rings. The molecule has 0 bridgehead atoms. The molecule has 0 fully saturated rings. The van der Waals surface area contributed by atoms with Crippen molar-refractivity contribution in [2.75, 3.05) is 41.0 Å². The molecule has 0 aliphatic carbocycles. The molecule has 9 heteroatoms. The van der Waals surface area contributed by atoms with Gasteiger partial charge < -0.3 is 25.3 Å². The van der Waals surface area contributed by atoms with E-state index in [1.54, 1.807) is 0 Å². The van der Waals surface area contributed by atoms with Crippen molar-refractivity contribution in [1.82, 2.24) is 10.2 Å². The molecule has 128 valence electrons. The molecule has 0 spiro atoms. The Hall–Kier alpha value is -1.87. The summed E-state index contributed by atoms with van der Waals surface area (Å²) in [6.45, 7) is 1.75. The number of carbonyl (C=O) groups excluding carboxylic acids is 3. The number of rotatable bonds is 9. The van der Waals surface area contributed by atoms with Crippen LogP contribution in [-0.2, 0) is 19.0 Å². The lowest BCUT2D eigenvalue weighted by Gasteiger charge is -2.25. The fraction of sp³-hybridized carbons (Fsp3) is 0.769. The molecule has 0 radical (unpaired) electrons. The highest BCUT2D eigenvalue weighted by Gasteiger charge is 2.37. The second-order valence-electron chi connectivity index (χ2n) is 4.38. The van der Waals surface area contributed by atoms with E-state index in [9.17, 15) is 14.4 Å². The maximum Gasteiger partial charge on any atom is 0.419 e. The van der Waals surface area contributed by atoms with Gasteiger partial charge in [-0.25, -0.2) is 14.4 Å². The zero-order valence-electron chi connectivity index (χ0n) is 13.3. The first kappa shape index (κ1) is 20.1. The molecule has 22 heavy (non-hydrogen) atoms. The van der Waals surface area contributed by atoms with E-state index in [4.69, 9.17) is 5.73 Å². The van der Waals surface area contributed by atoms with Crippen molar-refractivity contribution in [1.29, 1.82) is 0 Å². The minimum atomic E-state index is -1.12. The summed E-state index contributed by atoms with van der Waals surface area (Å²) in [5.41, 5.74) is 5.39. The van der Waals surface area contributed by atoms with Gasteiger partial charge in [0.25, 0.3) is 0 Å². The van der Waals surface area contributed by atoms with Gasteiger partial charge in [-0.1, -0.05) is 0 Å². The first-order valence-corrected chi connectivity index (χ1v) is 6.97.